The molecule has 0 spiro atoms. The number of rotatable bonds is 8. The molecule has 0 radical (unpaired) electrons. The lowest BCUT2D eigenvalue weighted by Gasteiger charge is -2.25. The molecule has 126 valence electrons. The molecule has 0 aromatic heterocycles. The third-order valence-corrected chi connectivity index (χ3v) is 4.52. The van der Waals surface area contributed by atoms with Crippen molar-refractivity contribution in [2.45, 2.75) is 37.6 Å². The summed E-state index contributed by atoms with van der Waals surface area (Å²) >= 11 is 0. The fourth-order valence-electron chi connectivity index (χ4n) is 3.07. The molecule has 0 amide bonds. The highest BCUT2D eigenvalue weighted by molar-refractivity contribution is 5.48. The highest BCUT2D eigenvalue weighted by atomic mass is 19.1. The monoisotopic (exact) mass is 317 g/mol. The molecule has 0 saturated carbocycles. The van der Waals surface area contributed by atoms with E-state index in [4.69, 9.17) is 0 Å². The molecule has 1 atom stereocenters. The van der Waals surface area contributed by atoms with Crippen molar-refractivity contribution in [2.75, 3.05) is 25.5 Å². The maximum absolute atomic E-state index is 14.5. The van der Waals surface area contributed by atoms with Gasteiger partial charge in [0.25, 0.3) is 0 Å². The van der Waals surface area contributed by atoms with Crippen LogP contribution in [0.15, 0.2) is 43.1 Å². The van der Waals surface area contributed by atoms with Gasteiger partial charge in [0.15, 0.2) is 0 Å². The number of piperidine rings is 1. The average Bonchev–Trinajstić information content (AvgIpc) is 2.58. The van der Waals surface area contributed by atoms with Crippen molar-refractivity contribution < 1.29 is 4.39 Å². The van der Waals surface area contributed by atoms with Crippen LogP contribution in [0.25, 0.3) is 0 Å². The summed E-state index contributed by atoms with van der Waals surface area (Å²) < 4.78 is 14.5. The molecule has 1 saturated heterocycles. The van der Waals surface area contributed by atoms with Crippen molar-refractivity contribution in [1.82, 2.24) is 10.6 Å². The molecular weight excluding hydrogens is 289 g/mol. The standard InChI is InChI=1S/C19H28FN3/c1-4-5-6-19(14(2)21-3)23-16-7-8-17(18(20)13-16)15-9-11-22-12-10-15/h4,7-8,13,15,19,21-23H,1-2,5-6,9-12H2,3H3. The van der Waals surface area contributed by atoms with Gasteiger partial charge in [0.1, 0.15) is 5.82 Å². The normalized spacial score (nSPS) is 16.6. The Morgan fingerprint density at radius 1 is 1.43 bits per heavy atom. The lowest BCUT2D eigenvalue weighted by Crippen LogP contribution is -2.28. The lowest BCUT2D eigenvalue weighted by atomic mass is 9.89. The second-order valence-electron chi connectivity index (χ2n) is 6.10. The Morgan fingerprint density at radius 2 is 2.17 bits per heavy atom. The smallest absolute Gasteiger partial charge is 0.128 e. The van der Waals surface area contributed by atoms with E-state index in [1.807, 2.05) is 25.3 Å². The molecule has 0 bridgehead atoms. The topological polar surface area (TPSA) is 36.1 Å². The van der Waals surface area contributed by atoms with Crippen molar-refractivity contribution in [1.29, 1.82) is 0 Å². The Morgan fingerprint density at radius 3 is 2.78 bits per heavy atom. The minimum atomic E-state index is -0.112. The van der Waals surface area contributed by atoms with Crippen molar-refractivity contribution in [3.63, 3.8) is 0 Å². The van der Waals surface area contributed by atoms with Gasteiger partial charge >= 0.3 is 0 Å². The molecule has 0 aliphatic carbocycles. The Bertz CT molecular complexity index is 535. The van der Waals surface area contributed by atoms with E-state index in [-0.39, 0.29) is 11.9 Å². The van der Waals surface area contributed by atoms with Gasteiger partial charge < -0.3 is 16.0 Å². The molecule has 1 unspecified atom stereocenters. The van der Waals surface area contributed by atoms with Crippen LogP contribution in [0.2, 0.25) is 0 Å². The largest absolute Gasteiger partial charge is 0.390 e. The second kappa shape index (κ2) is 8.73. The quantitative estimate of drug-likeness (QED) is 0.639. The van der Waals surface area contributed by atoms with Gasteiger partial charge in [-0.1, -0.05) is 18.7 Å². The summed E-state index contributed by atoms with van der Waals surface area (Å²) in [6.45, 7) is 9.72. The molecule has 1 aromatic carbocycles. The zero-order valence-corrected chi connectivity index (χ0v) is 14.0. The average molecular weight is 317 g/mol. The number of benzene rings is 1. The van der Waals surface area contributed by atoms with Crippen LogP contribution in [0, 0.1) is 5.82 Å². The molecule has 3 N–H and O–H groups in total. The van der Waals surface area contributed by atoms with Gasteiger partial charge in [0.2, 0.25) is 0 Å². The number of halogens is 1. The number of allylic oxidation sites excluding steroid dienone is 1. The predicted octanol–water partition coefficient (Wildman–Crippen LogP) is 3.77. The van der Waals surface area contributed by atoms with Gasteiger partial charge in [-0.2, -0.15) is 0 Å². The van der Waals surface area contributed by atoms with Gasteiger partial charge in [-0.05, 0) is 62.4 Å². The summed E-state index contributed by atoms with van der Waals surface area (Å²) in [7, 11) is 1.85. The van der Waals surface area contributed by atoms with Crippen LogP contribution in [0.4, 0.5) is 10.1 Å². The number of anilines is 1. The highest BCUT2D eigenvalue weighted by Crippen LogP contribution is 2.29. The van der Waals surface area contributed by atoms with E-state index in [0.717, 1.165) is 55.7 Å². The summed E-state index contributed by atoms with van der Waals surface area (Å²) in [5, 5.41) is 9.77. The Labute approximate surface area is 139 Å². The van der Waals surface area contributed by atoms with Crippen molar-refractivity contribution in [2.24, 2.45) is 0 Å². The number of nitrogens with one attached hydrogen (secondary N) is 3. The maximum atomic E-state index is 14.5. The predicted molar refractivity (Wildman–Crippen MR) is 96.3 cm³/mol. The van der Waals surface area contributed by atoms with Gasteiger partial charge in [-0.25, -0.2) is 4.39 Å². The van der Waals surface area contributed by atoms with Crippen LogP contribution in [0.1, 0.15) is 37.2 Å². The van der Waals surface area contributed by atoms with Crippen LogP contribution >= 0.6 is 0 Å². The van der Waals surface area contributed by atoms with Gasteiger partial charge in [0, 0.05) is 18.4 Å². The molecule has 1 aliphatic rings. The van der Waals surface area contributed by atoms with Crippen LogP contribution in [0.3, 0.4) is 0 Å². The molecule has 1 aromatic rings. The molecule has 1 fully saturated rings. The zero-order valence-electron chi connectivity index (χ0n) is 14.0. The van der Waals surface area contributed by atoms with Crippen LogP contribution in [-0.4, -0.2) is 26.2 Å². The first-order chi connectivity index (χ1) is 11.2. The van der Waals surface area contributed by atoms with Crippen molar-refractivity contribution in [3.05, 3.63) is 54.5 Å². The summed E-state index contributed by atoms with van der Waals surface area (Å²) in [6.07, 6.45) is 5.65. The minimum Gasteiger partial charge on any atom is -0.390 e. The van der Waals surface area contributed by atoms with E-state index in [9.17, 15) is 4.39 Å². The molecule has 3 nitrogen and oxygen atoms in total. The summed E-state index contributed by atoms with van der Waals surface area (Å²) in [5.41, 5.74) is 2.53. The van der Waals surface area contributed by atoms with Gasteiger partial charge in [-0.15, -0.1) is 6.58 Å². The fraction of sp³-hybridized carbons (Fsp3) is 0.474. The Kier molecular flexibility index (Phi) is 6.66. The molecular formula is C19H28FN3. The van der Waals surface area contributed by atoms with E-state index in [1.54, 1.807) is 6.07 Å². The SMILES string of the molecule is C=CCCC(Nc1ccc(C2CCNCC2)c(F)c1)C(=C)NC. The van der Waals surface area contributed by atoms with Crippen LogP contribution < -0.4 is 16.0 Å². The number of likely N-dealkylation sites (N-methyl/N-ethyl adjacent to an activating group) is 1. The van der Waals surface area contributed by atoms with E-state index in [1.165, 1.54) is 0 Å². The third-order valence-electron chi connectivity index (χ3n) is 4.52. The first-order valence-electron chi connectivity index (χ1n) is 8.39. The zero-order chi connectivity index (χ0) is 16.7. The maximum Gasteiger partial charge on any atom is 0.128 e. The van der Waals surface area contributed by atoms with Crippen molar-refractivity contribution in [3.8, 4) is 0 Å². The lowest BCUT2D eigenvalue weighted by molar-refractivity contribution is 0.445. The first kappa shape index (κ1) is 17.5. The van der Waals surface area contributed by atoms with E-state index in [0.29, 0.717) is 5.92 Å². The van der Waals surface area contributed by atoms with E-state index < -0.39 is 0 Å². The molecule has 23 heavy (non-hydrogen) atoms. The molecule has 1 heterocycles. The number of hydrogen-bond donors (Lipinski definition) is 3. The number of hydrogen-bond acceptors (Lipinski definition) is 3. The van der Waals surface area contributed by atoms with Crippen LogP contribution in [0.5, 0.6) is 0 Å². The fourth-order valence-corrected chi connectivity index (χ4v) is 3.07. The van der Waals surface area contributed by atoms with Crippen LogP contribution in [-0.2, 0) is 0 Å². The van der Waals surface area contributed by atoms with Gasteiger partial charge in [-0.3, -0.25) is 0 Å². The second-order valence-corrected chi connectivity index (χ2v) is 6.10. The van der Waals surface area contributed by atoms with Crippen molar-refractivity contribution >= 4 is 5.69 Å². The summed E-state index contributed by atoms with van der Waals surface area (Å²) in [4.78, 5) is 0. The van der Waals surface area contributed by atoms with E-state index in [2.05, 4.69) is 29.1 Å². The first-order valence-corrected chi connectivity index (χ1v) is 8.39. The Balaban J connectivity index is 2.08. The molecule has 4 heteroatoms. The van der Waals surface area contributed by atoms with Gasteiger partial charge in [0.05, 0.1) is 6.04 Å². The summed E-state index contributed by atoms with van der Waals surface area (Å²) in [5.74, 6) is 0.216. The minimum absolute atomic E-state index is 0.0575. The van der Waals surface area contributed by atoms with E-state index >= 15 is 0 Å². The third kappa shape index (κ3) is 4.83. The molecule has 2 rings (SSSR count). The summed E-state index contributed by atoms with van der Waals surface area (Å²) in [6, 6.07) is 5.58. The molecule has 1 aliphatic heterocycles. The highest BCUT2D eigenvalue weighted by Gasteiger charge is 2.19. The Hall–Kier alpha value is -1.81.